The Morgan fingerprint density at radius 3 is 2.24 bits per heavy atom. The minimum absolute atomic E-state index is 0.00671. The van der Waals surface area contributed by atoms with Crippen LogP contribution < -0.4 is 15.5 Å². The molecule has 0 saturated carbocycles. The molecule has 0 heterocycles. The number of hydrogen-bond acceptors (Lipinski definition) is 3. The second kappa shape index (κ2) is 11.6. The number of benzene rings is 2. The van der Waals surface area contributed by atoms with Crippen LogP contribution in [0.15, 0.2) is 54.6 Å². The van der Waals surface area contributed by atoms with Crippen LogP contribution in [0.25, 0.3) is 0 Å². The van der Waals surface area contributed by atoms with Crippen molar-refractivity contribution >= 4 is 29.1 Å². The fraction of sp³-hybridized carbons (Fsp3) is 0.348. The highest BCUT2D eigenvalue weighted by Gasteiger charge is 2.11. The quantitative estimate of drug-likeness (QED) is 0.604. The first-order chi connectivity index (χ1) is 14.0. The number of carbonyl (C=O) groups is 3. The predicted octanol–water partition coefficient (Wildman–Crippen LogP) is 3.53. The third-order valence-corrected chi connectivity index (χ3v) is 4.57. The zero-order chi connectivity index (χ0) is 21.1. The van der Waals surface area contributed by atoms with Crippen molar-refractivity contribution in [3.8, 4) is 0 Å². The van der Waals surface area contributed by atoms with Crippen molar-refractivity contribution in [3.05, 3.63) is 60.2 Å². The van der Waals surface area contributed by atoms with Crippen LogP contribution >= 0.6 is 0 Å². The van der Waals surface area contributed by atoms with Crippen molar-refractivity contribution in [3.63, 3.8) is 0 Å². The molecule has 0 aromatic heterocycles. The number of nitrogens with one attached hydrogen (secondary N) is 2. The van der Waals surface area contributed by atoms with Gasteiger partial charge in [0.1, 0.15) is 0 Å². The fourth-order valence-corrected chi connectivity index (χ4v) is 2.87. The van der Waals surface area contributed by atoms with Gasteiger partial charge in [0, 0.05) is 38.3 Å². The van der Waals surface area contributed by atoms with Crippen molar-refractivity contribution in [2.45, 2.75) is 39.0 Å². The van der Waals surface area contributed by atoms with Crippen molar-refractivity contribution in [1.29, 1.82) is 0 Å². The van der Waals surface area contributed by atoms with Crippen LogP contribution in [-0.4, -0.2) is 31.3 Å². The molecule has 3 amide bonds. The molecule has 2 aromatic rings. The molecule has 0 unspecified atom stereocenters. The number of unbranched alkanes of at least 4 members (excludes halogenated alkanes) is 2. The van der Waals surface area contributed by atoms with E-state index in [0.29, 0.717) is 19.4 Å². The first kappa shape index (κ1) is 22.1. The topological polar surface area (TPSA) is 78.5 Å². The number of para-hydroxylation sites is 1. The molecule has 2 N–H and O–H groups in total. The molecular formula is C23H29N3O3. The van der Waals surface area contributed by atoms with E-state index in [1.54, 1.807) is 11.9 Å². The number of anilines is 2. The Morgan fingerprint density at radius 2 is 1.59 bits per heavy atom. The summed E-state index contributed by atoms with van der Waals surface area (Å²) in [6.45, 7) is 2.15. The zero-order valence-electron chi connectivity index (χ0n) is 17.1. The minimum atomic E-state index is -0.0304. The van der Waals surface area contributed by atoms with E-state index >= 15 is 0 Å². The van der Waals surface area contributed by atoms with E-state index in [2.05, 4.69) is 10.6 Å². The summed E-state index contributed by atoms with van der Waals surface area (Å²) >= 11 is 0. The van der Waals surface area contributed by atoms with Crippen molar-refractivity contribution in [1.82, 2.24) is 5.32 Å². The van der Waals surface area contributed by atoms with E-state index < -0.39 is 0 Å². The largest absolute Gasteiger partial charge is 0.356 e. The van der Waals surface area contributed by atoms with Gasteiger partial charge in [-0.2, -0.15) is 0 Å². The number of rotatable bonds is 10. The van der Waals surface area contributed by atoms with Crippen LogP contribution in [-0.2, 0) is 20.8 Å². The van der Waals surface area contributed by atoms with Gasteiger partial charge in [0.2, 0.25) is 17.7 Å². The Kier molecular flexibility index (Phi) is 8.89. The van der Waals surface area contributed by atoms with E-state index in [1.165, 1.54) is 6.92 Å². The van der Waals surface area contributed by atoms with Gasteiger partial charge in [-0.1, -0.05) is 36.8 Å². The van der Waals surface area contributed by atoms with Gasteiger partial charge in [0.25, 0.3) is 0 Å². The van der Waals surface area contributed by atoms with Gasteiger partial charge >= 0.3 is 0 Å². The summed E-state index contributed by atoms with van der Waals surface area (Å²) in [5.41, 5.74) is 2.48. The Morgan fingerprint density at radius 1 is 0.897 bits per heavy atom. The third kappa shape index (κ3) is 8.17. The maximum atomic E-state index is 12.4. The van der Waals surface area contributed by atoms with Crippen LogP contribution in [0.1, 0.15) is 38.2 Å². The van der Waals surface area contributed by atoms with E-state index in [0.717, 1.165) is 36.2 Å². The van der Waals surface area contributed by atoms with Crippen molar-refractivity contribution in [2.24, 2.45) is 0 Å². The highest BCUT2D eigenvalue weighted by molar-refractivity contribution is 5.94. The average Bonchev–Trinajstić information content (AvgIpc) is 2.72. The number of amides is 3. The van der Waals surface area contributed by atoms with E-state index in [9.17, 15) is 14.4 Å². The lowest BCUT2D eigenvalue weighted by Gasteiger charge is -2.17. The third-order valence-electron chi connectivity index (χ3n) is 4.57. The highest BCUT2D eigenvalue weighted by atomic mass is 16.2. The monoisotopic (exact) mass is 395 g/mol. The fourth-order valence-electron chi connectivity index (χ4n) is 2.87. The first-order valence-corrected chi connectivity index (χ1v) is 9.90. The van der Waals surface area contributed by atoms with Crippen molar-refractivity contribution < 1.29 is 14.4 Å². The normalized spacial score (nSPS) is 10.3. The Balaban J connectivity index is 1.73. The number of likely N-dealkylation sites (N-methyl/N-ethyl adjacent to an activating group) is 1. The first-order valence-electron chi connectivity index (χ1n) is 9.90. The molecule has 0 aliphatic heterocycles. The molecule has 0 aliphatic carbocycles. The van der Waals surface area contributed by atoms with Crippen LogP contribution in [0, 0.1) is 0 Å². The summed E-state index contributed by atoms with van der Waals surface area (Å²) in [6.07, 6.45) is 3.29. The molecule has 0 radical (unpaired) electrons. The van der Waals surface area contributed by atoms with Gasteiger partial charge < -0.3 is 15.5 Å². The van der Waals surface area contributed by atoms with Gasteiger partial charge in [-0.05, 0) is 42.7 Å². The lowest BCUT2D eigenvalue weighted by atomic mass is 10.1. The maximum absolute atomic E-state index is 12.4. The van der Waals surface area contributed by atoms with Crippen molar-refractivity contribution in [2.75, 3.05) is 23.8 Å². The summed E-state index contributed by atoms with van der Waals surface area (Å²) in [6, 6.07) is 16.9. The molecule has 0 bridgehead atoms. The zero-order valence-corrected chi connectivity index (χ0v) is 17.1. The van der Waals surface area contributed by atoms with Gasteiger partial charge in [0.15, 0.2) is 0 Å². The second-order valence-electron chi connectivity index (χ2n) is 7.00. The molecule has 2 aromatic carbocycles. The van der Waals surface area contributed by atoms with Crippen LogP contribution in [0.5, 0.6) is 0 Å². The number of hydrogen-bond donors (Lipinski definition) is 2. The lowest BCUT2D eigenvalue weighted by Crippen LogP contribution is -2.27. The van der Waals surface area contributed by atoms with Gasteiger partial charge in [-0.25, -0.2) is 0 Å². The maximum Gasteiger partial charge on any atom is 0.231 e. The molecule has 0 atom stereocenters. The molecule has 0 spiro atoms. The van der Waals surface area contributed by atoms with E-state index in [4.69, 9.17) is 0 Å². The molecule has 0 aliphatic rings. The van der Waals surface area contributed by atoms with Crippen LogP contribution in [0.2, 0.25) is 0 Å². The second-order valence-corrected chi connectivity index (χ2v) is 7.00. The SMILES string of the molecule is CC(=O)NCCCCCC(=O)Nc1ccc(CC(=O)N(C)c2ccccc2)cc1. The molecule has 6 heteroatoms. The van der Waals surface area contributed by atoms with Crippen LogP contribution in [0.4, 0.5) is 11.4 Å². The Labute approximate surface area is 172 Å². The lowest BCUT2D eigenvalue weighted by molar-refractivity contribution is -0.119. The van der Waals surface area contributed by atoms with Gasteiger partial charge in [-0.3, -0.25) is 14.4 Å². The minimum Gasteiger partial charge on any atom is -0.356 e. The number of nitrogens with zero attached hydrogens (tertiary/aromatic N) is 1. The number of carbonyl (C=O) groups excluding carboxylic acids is 3. The molecule has 0 saturated heterocycles. The molecule has 6 nitrogen and oxygen atoms in total. The molecule has 2 rings (SSSR count). The summed E-state index contributed by atoms with van der Waals surface area (Å²) in [5, 5.41) is 5.62. The summed E-state index contributed by atoms with van der Waals surface area (Å²) in [4.78, 5) is 36.9. The molecular weight excluding hydrogens is 366 g/mol. The summed E-state index contributed by atoms with van der Waals surface area (Å²) in [5.74, 6) is -0.0518. The van der Waals surface area contributed by atoms with Gasteiger partial charge in [0.05, 0.1) is 6.42 Å². The smallest absolute Gasteiger partial charge is 0.231 e. The Bertz CT molecular complexity index is 804. The summed E-state index contributed by atoms with van der Waals surface area (Å²) < 4.78 is 0. The predicted molar refractivity (Wildman–Crippen MR) is 116 cm³/mol. The summed E-state index contributed by atoms with van der Waals surface area (Å²) in [7, 11) is 1.77. The average molecular weight is 396 g/mol. The standard InChI is InChI=1S/C23H29N3O3/c1-18(27)24-16-8-4-7-11-22(28)25-20-14-12-19(13-15-20)17-23(29)26(2)21-9-5-3-6-10-21/h3,5-6,9-10,12-15H,4,7-8,11,16-17H2,1-2H3,(H,24,27)(H,25,28). The van der Waals surface area contributed by atoms with E-state index in [1.807, 2.05) is 54.6 Å². The molecule has 154 valence electrons. The molecule has 0 fully saturated rings. The molecule has 29 heavy (non-hydrogen) atoms. The van der Waals surface area contributed by atoms with Crippen LogP contribution in [0.3, 0.4) is 0 Å². The van der Waals surface area contributed by atoms with Gasteiger partial charge in [-0.15, -0.1) is 0 Å². The Hall–Kier alpha value is -3.15. The van der Waals surface area contributed by atoms with E-state index in [-0.39, 0.29) is 17.7 Å². The highest BCUT2D eigenvalue weighted by Crippen LogP contribution is 2.15.